The molecule has 0 aromatic rings. The second kappa shape index (κ2) is 6.20. The Morgan fingerprint density at radius 3 is 2.32 bits per heavy atom. The minimum atomic E-state index is 0.0717. The maximum Gasteiger partial charge on any atom is 0.236 e. The summed E-state index contributed by atoms with van der Waals surface area (Å²) in [5.41, 5.74) is 6.04. The molecule has 110 valence electrons. The van der Waals surface area contributed by atoms with Crippen LogP contribution in [-0.4, -0.2) is 79.5 Å². The number of nitrogens with zero attached hydrogens (tertiary/aromatic N) is 3. The zero-order valence-corrected chi connectivity index (χ0v) is 12.4. The minimum Gasteiger partial charge on any atom is -0.339 e. The van der Waals surface area contributed by atoms with Crippen molar-refractivity contribution < 1.29 is 4.79 Å². The summed E-state index contributed by atoms with van der Waals surface area (Å²) in [6.07, 6.45) is 4.75. The summed E-state index contributed by atoms with van der Waals surface area (Å²) in [6.45, 7) is 4.87. The average Bonchev–Trinajstić information content (AvgIpc) is 2.89. The first-order valence-electron chi connectivity index (χ1n) is 7.45. The molecule has 2 rings (SSSR count). The van der Waals surface area contributed by atoms with E-state index in [0.29, 0.717) is 13.1 Å². The Kier molecular flexibility index (Phi) is 4.81. The van der Waals surface area contributed by atoms with Crippen LogP contribution in [0.5, 0.6) is 0 Å². The summed E-state index contributed by atoms with van der Waals surface area (Å²) in [6, 6.07) is 0. The molecule has 0 unspecified atom stereocenters. The first kappa shape index (κ1) is 14.8. The van der Waals surface area contributed by atoms with Gasteiger partial charge in [-0.1, -0.05) is 12.8 Å². The van der Waals surface area contributed by atoms with Crippen molar-refractivity contribution in [2.24, 2.45) is 5.73 Å². The highest BCUT2D eigenvalue weighted by atomic mass is 16.2. The van der Waals surface area contributed by atoms with Crippen molar-refractivity contribution in [1.82, 2.24) is 14.7 Å². The molecule has 1 aliphatic heterocycles. The molecule has 0 aromatic carbocycles. The molecule has 0 radical (unpaired) electrons. The summed E-state index contributed by atoms with van der Waals surface area (Å²) >= 11 is 0. The summed E-state index contributed by atoms with van der Waals surface area (Å²) in [5.74, 6) is 0.260. The third kappa shape index (κ3) is 3.27. The van der Waals surface area contributed by atoms with Gasteiger partial charge in [0.2, 0.25) is 5.91 Å². The zero-order chi connectivity index (χ0) is 13.9. The first-order valence-corrected chi connectivity index (χ1v) is 7.45. The van der Waals surface area contributed by atoms with Gasteiger partial charge in [0.1, 0.15) is 0 Å². The molecule has 1 amide bonds. The fraction of sp³-hybridized carbons (Fsp3) is 0.929. The lowest BCUT2D eigenvalue weighted by Crippen LogP contribution is -2.55. The molecule has 0 aromatic heterocycles. The van der Waals surface area contributed by atoms with Gasteiger partial charge in [-0.05, 0) is 26.9 Å². The van der Waals surface area contributed by atoms with E-state index >= 15 is 0 Å². The molecule has 1 aliphatic carbocycles. The van der Waals surface area contributed by atoms with Gasteiger partial charge < -0.3 is 15.5 Å². The maximum atomic E-state index is 12.4. The fourth-order valence-corrected chi connectivity index (χ4v) is 3.30. The number of hydrogen-bond donors (Lipinski definition) is 1. The highest BCUT2D eigenvalue weighted by Crippen LogP contribution is 2.33. The van der Waals surface area contributed by atoms with E-state index in [1.54, 1.807) is 0 Å². The van der Waals surface area contributed by atoms with Crippen molar-refractivity contribution in [3.63, 3.8) is 0 Å². The number of carbonyl (C=O) groups excluding carboxylic acids is 1. The van der Waals surface area contributed by atoms with Crippen molar-refractivity contribution >= 4 is 5.91 Å². The van der Waals surface area contributed by atoms with Crippen LogP contribution in [0, 0.1) is 0 Å². The summed E-state index contributed by atoms with van der Waals surface area (Å²) in [5, 5.41) is 0. The van der Waals surface area contributed by atoms with Gasteiger partial charge in [0, 0.05) is 38.3 Å². The number of carbonyl (C=O) groups is 1. The molecular formula is C14H28N4O. The highest BCUT2D eigenvalue weighted by molar-refractivity contribution is 5.78. The third-order valence-corrected chi connectivity index (χ3v) is 4.95. The van der Waals surface area contributed by atoms with Gasteiger partial charge in [-0.2, -0.15) is 0 Å². The Balaban J connectivity index is 1.87. The van der Waals surface area contributed by atoms with Crippen molar-refractivity contribution in [3.05, 3.63) is 0 Å². The van der Waals surface area contributed by atoms with E-state index in [0.717, 1.165) is 39.0 Å². The molecule has 1 saturated heterocycles. The lowest BCUT2D eigenvalue weighted by atomic mass is 9.96. The molecule has 0 spiro atoms. The molecular weight excluding hydrogens is 240 g/mol. The van der Waals surface area contributed by atoms with E-state index in [-0.39, 0.29) is 11.4 Å². The van der Waals surface area contributed by atoms with Crippen LogP contribution < -0.4 is 5.73 Å². The first-order chi connectivity index (χ1) is 9.07. The Labute approximate surface area is 116 Å². The average molecular weight is 268 g/mol. The lowest BCUT2D eigenvalue weighted by Gasteiger charge is -2.39. The predicted octanol–water partition coefficient (Wildman–Crippen LogP) is -0.0363. The van der Waals surface area contributed by atoms with Crippen LogP contribution in [0.15, 0.2) is 0 Å². The van der Waals surface area contributed by atoms with E-state index in [1.165, 1.54) is 12.8 Å². The van der Waals surface area contributed by atoms with Gasteiger partial charge in [0.25, 0.3) is 0 Å². The largest absolute Gasteiger partial charge is 0.339 e. The van der Waals surface area contributed by atoms with Crippen LogP contribution in [0.2, 0.25) is 0 Å². The van der Waals surface area contributed by atoms with Gasteiger partial charge in [-0.25, -0.2) is 0 Å². The molecule has 5 nitrogen and oxygen atoms in total. The molecule has 5 heteroatoms. The summed E-state index contributed by atoms with van der Waals surface area (Å²) < 4.78 is 0. The van der Waals surface area contributed by atoms with Gasteiger partial charge >= 0.3 is 0 Å². The molecule has 2 aliphatic rings. The molecule has 19 heavy (non-hydrogen) atoms. The molecule has 2 fully saturated rings. The Morgan fingerprint density at radius 2 is 1.79 bits per heavy atom. The van der Waals surface area contributed by atoms with Crippen LogP contribution in [0.1, 0.15) is 25.7 Å². The zero-order valence-electron chi connectivity index (χ0n) is 12.4. The number of rotatable bonds is 4. The van der Waals surface area contributed by atoms with Crippen LogP contribution >= 0.6 is 0 Å². The standard InChI is InChI=1S/C14H28N4O/c1-16-7-9-18(10-8-16)13(19)11-17(2)14(12-15)5-3-4-6-14/h3-12,15H2,1-2H3. The third-order valence-electron chi connectivity index (χ3n) is 4.95. The number of likely N-dealkylation sites (N-methyl/N-ethyl adjacent to an activating group) is 2. The van der Waals surface area contributed by atoms with Crippen LogP contribution in [0.3, 0.4) is 0 Å². The SMILES string of the molecule is CN1CCN(C(=O)CN(C)C2(CN)CCCC2)CC1. The van der Waals surface area contributed by atoms with Crippen molar-refractivity contribution in [2.45, 2.75) is 31.2 Å². The molecule has 0 bridgehead atoms. The highest BCUT2D eigenvalue weighted by Gasteiger charge is 2.37. The normalized spacial score (nSPS) is 24.1. The maximum absolute atomic E-state index is 12.4. The van der Waals surface area contributed by atoms with Crippen molar-refractivity contribution in [1.29, 1.82) is 0 Å². The van der Waals surface area contributed by atoms with E-state index in [4.69, 9.17) is 5.73 Å². The number of amides is 1. The topological polar surface area (TPSA) is 52.8 Å². The molecule has 1 saturated carbocycles. The smallest absolute Gasteiger partial charge is 0.236 e. The quantitative estimate of drug-likeness (QED) is 0.777. The van der Waals surface area contributed by atoms with E-state index < -0.39 is 0 Å². The van der Waals surface area contributed by atoms with Crippen molar-refractivity contribution in [3.8, 4) is 0 Å². The minimum absolute atomic E-state index is 0.0717. The number of nitrogens with two attached hydrogens (primary N) is 1. The Morgan fingerprint density at radius 1 is 1.21 bits per heavy atom. The lowest BCUT2D eigenvalue weighted by molar-refractivity contribution is -0.135. The monoisotopic (exact) mass is 268 g/mol. The summed E-state index contributed by atoms with van der Waals surface area (Å²) in [4.78, 5) is 18.8. The van der Waals surface area contributed by atoms with E-state index in [2.05, 4.69) is 23.9 Å². The van der Waals surface area contributed by atoms with Gasteiger partial charge in [0.05, 0.1) is 6.54 Å². The van der Waals surface area contributed by atoms with Gasteiger partial charge in [-0.15, -0.1) is 0 Å². The predicted molar refractivity (Wildman–Crippen MR) is 77.0 cm³/mol. The summed E-state index contributed by atoms with van der Waals surface area (Å²) in [7, 11) is 4.17. The van der Waals surface area contributed by atoms with Gasteiger partial charge in [-0.3, -0.25) is 9.69 Å². The van der Waals surface area contributed by atoms with E-state index in [9.17, 15) is 4.79 Å². The number of piperazine rings is 1. The Hall–Kier alpha value is -0.650. The van der Waals surface area contributed by atoms with Crippen LogP contribution in [0.25, 0.3) is 0 Å². The molecule has 2 N–H and O–H groups in total. The second-order valence-electron chi connectivity index (χ2n) is 6.18. The van der Waals surface area contributed by atoms with Gasteiger partial charge in [0.15, 0.2) is 0 Å². The van der Waals surface area contributed by atoms with Crippen LogP contribution in [-0.2, 0) is 4.79 Å². The van der Waals surface area contributed by atoms with E-state index in [1.807, 2.05) is 4.90 Å². The molecule has 0 atom stereocenters. The van der Waals surface area contributed by atoms with Crippen molar-refractivity contribution in [2.75, 3.05) is 53.4 Å². The Bertz CT molecular complexity index is 307. The molecule has 1 heterocycles. The van der Waals surface area contributed by atoms with Crippen LogP contribution in [0.4, 0.5) is 0 Å². The number of hydrogen-bond acceptors (Lipinski definition) is 4. The second-order valence-corrected chi connectivity index (χ2v) is 6.18. The fourth-order valence-electron chi connectivity index (χ4n) is 3.30.